The highest BCUT2D eigenvalue weighted by atomic mass is 16.2. The lowest BCUT2D eigenvalue weighted by Gasteiger charge is -2.36. The third-order valence-corrected chi connectivity index (χ3v) is 5.32. The molecule has 5 heteroatoms. The SMILES string of the molecule is O=C(c1cccc(N2CCCCC2)n1)N1CCN(c2ccccc2)CC1. The number of piperazine rings is 1. The van der Waals surface area contributed by atoms with Gasteiger partial charge in [0, 0.05) is 45.0 Å². The first-order valence-corrected chi connectivity index (χ1v) is 9.62. The number of nitrogens with zero attached hydrogens (tertiary/aromatic N) is 4. The molecule has 0 bridgehead atoms. The largest absolute Gasteiger partial charge is 0.368 e. The van der Waals surface area contributed by atoms with E-state index in [1.807, 2.05) is 29.2 Å². The number of aromatic nitrogens is 1. The summed E-state index contributed by atoms with van der Waals surface area (Å²) in [6.45, 7) is 5.29. The monoisotopic (exact) mass is 350 g/mol. The number of hydrogen-bond acceptors (Lipinski definition) is 4. The summed E-state index contributed by atoms with van der Waals surface area (Å²) < 4.78 is 0. The summed E-state index contributed by atoms with van der Waals surface area (Å²) in [6, 6.07) is 16.2. The van der Waals surface area contributed by atoms with Crippen LogP contribution in [0.4, 0.5) is 11.5 Å². The number of para-hydroxylation sites is 1. The van der Waals surface area contributed by atoms with Crippen LogP contribution in [0.1, 0.15) is 29.8 Å². The van der Waals surface area contributed by atoms with Crippen molar-refractivity contribution in [1.82, 2.24) is 9.88 Å². The van der Waals surface area contributed by atoms with Crippen molar-refractivity contribution in [3.05, 3.63) is 54.2 Å². The molecule has 0 radical (unpaired) electrons. The lowest BCUT2D eigenvalue weighted by Crippen LogP contribution is -2.49. The van der Waals surface area contributed by atoms with Crippen LogP contribution in [0.25, 0.3) is 0 Å². The molecule has 3 heterocycles. The Hall–Kier alpha value is -2.56. The molecule has 2 aromatic rings. The van der Waals surface area contributed by atoms with E-state index < -0.39 is 0 Å². The summed E-state index contributed by atoms with van der Waals surface area (Å²) in [6.07, 6.45) is 3.71. The number of rotatable bonds is 3. The zero-order valence-electron chi connectivity index (χ0n) is 15.2. The molecule has 0 atom stereocenters. The smallest absolute Gasteiger partial charge is 0.272 e. The molecule has 0 saturated carbocycles. The second-order valence-electron chi connectivity index (χ2n) is 7.04. The maximum atomic E-state index is 12.9. The van der Waals surface area contributed by atoms with Crippen molar-refractivity contribution >= 4 is 17.4 Å². The van der Waals surface area contributed by atoms with Crippen molar-refractivity contribution in [2.24, 2.45) is 0 Å². The van der Waals surface area contributed by atoms with Gasteiger partial charge in [0.2, 0.25) is 0 Å². The fourth-order valence-corrected chi connectivity index (χ4v) is 3.81. The number of carbonyl (C=O) groups excluding carboxylic acids is 1. The van der Waals surface area contributed by atoms with Gasteiger partial charge in [-0.3, -0.25) is 4.79 Å². The van der Waals surface area contributed by atoms with Crippen LogP contribution in [-0.2, 0) is 0 Å². The van der Waals surface area contributed by atoms with Crippen molar-refractivity contribution in [3.8, 4) is 0 Å². The number of amides is 1. The molecule has 1 aromatic heterocycles. The Kier molecular flexibility index (Phi) is 5.04. The Labute approximate surface area is 155 Å². The van der Waals surface area contributed by atoms with Gasteiger partial charge in [-0.2, -0.15) is 0 Å². The van der Waals surface area contributed by atoms with E-state index in [0.717, 1.165) is 45.1 Å². The highest BCUT2D eigenvalue weighted by molar-refractivity contribution is 5.92. The van der Waals surface area contributed by atoms with Crippen LogP contribution in [-0.4, -0.2) is 55.1 Å². The van der Waals surface area contributed by atoms with Gasteiger partial charge in [0.15, 0.2) is 0 Å². The number of anilines is 2. The molecule has 0 spiro atoms. The molecule has 4 rings (SSSR count). The van der Waals surface area contributed by atoms with Gasteiger partial charge < -0.3 is 14.7 Å². The zero-order valence-corrected chi connectivity index (χ0v) is 15.2. The van der Waals surface area contributed by atoms with Crippen molar-refractivity contribution in [2.75, 3.05) is 49.1 Å². The highest BCUT2D eigenvalue weighted by Crippen LogP contribution is 2.20. The van der Waals surface area contributed by atoms with Gasteiger partial charge >= 0.3 is 0 Å². The van der Waals surface area contributed by atoms with Crippen LogP contribution in [0.2, 0.25) is 0 Å². The number of piperidine rings is 1. The lowest BCUT2D eigenvalue weighted by atomic mass is 10.1. The summed E-state index contributed by atoms with van der Waals surface area (Å²) in [4.78, 5) is 24.1. The standard InChI is InChI=1S/C21H26N4O/c26-21(19-10-7-11-20(22-19)24-12-5-2-6-13-24)25-16-14-23(15-17-25)18-8-3-1-4-9-18/h1,3-4,7-11H,2,5-6,12-17H2. The molecule has 2 aliphatic rings. The fourth-order valence-electron chi connectivity index (χ4n) is 3.81. The van der Waals surface area contributed by atoms with Gasteiger partial charge in [0.1, 0.15) is 11.5 Å². The predicted molar refractivity (Wildman–Crippen MR) is 105 cm³/mol. The summed E-state index contributed by atoms with van der Waals surface area (Å²) in [5, 5.41) is 0. The van der Waals surface area contributed by atoms with E-state index in [-0.39, 0.29) is 5.91 Å². The Morgan fingerprint density at radius 1 is 0.731 bits per heavy atom. The lowest BCUT2D eigenvalue weighted by molar-refractivity contribution is 0.0741. The van der Waals surface area contributed by atoms with Crippen LogP contribution >= 0.6 is 0 Å². The summed E-state index contributed by atoms with van der Waals surface area (Å²) in [5.74, 6) is 0.995. The molecule has 1 aromatic carbocycles. The van der Waals surface area contributed by atoms with Crippen molar-refractivity contribution in [2.45, 2.75) is 19.3 Å². The number of pyridine rings is 1. The molecule has 0 N–H and O–H groups in total. The predicted octanol–water partition coefficient (Wildman–Crippen LogP) is 3.03. The molecule has 136 valence electrons. The van der Waals surface area contributed by atoms with Crippen LogP contribution in [0.5, 0.6) is 0 Å². The van der Waals surface area contributed by atoms with Crippen molar-refractivity contribution in [1.29, 1.82) is 0 Å². The molecule has 2 aliphatic heterocycles. The normalized spacial score (nSPS) is 18.1. The van der Waals surface area contributed by atoms with E-state index in [1.54, 1.807) is 0 Å². The second kappa shape index (κ2) is 7.77. The topological polar surface area (TPSA) is 39.7 Å². The zero-order chi connectivity index (χ0) is 17.8. The first-order chi connectivity index (χ1) is 12.8. The molecule has 1 amide bonds. The molecular formula is C21H26N4O. The first kappa shape index (κ1) is 16.9. The van der Waals surface area contributed by atoms with Gasteiger partial charge in [0.25, 0.3) is 5.91 Å². The van der Waals surface area contributed by atoms with E-state index in [0.29, 0.717) is 5.69 Å². The molecule has 5 nitrogen and oxygen atoms in total. The Bertz CT molecular complexity index is 735. The fraction of sp³-hybridized carbons (Fsp3) is 0.429. The van der Waals surface area contributed by atoms with E-state index in [4.69, 9.17) is 0 Å². The Balaban J connectivity index is 1.40. The van der Waals surface area contributed by atoms with Crippen LogP contribution < -0.4 is 9.80 Å². The molecule has 2 saturated heterocycles. The Morgan fingerprint density at radius 2 is 1.46 bits per heavy atom. The molecule has 2 fully saturated rings. The number of carbonyl (C=O) groups is 1. The third kappa shape index (κ3) is 3.66. The van der Waals surface area contributed by atoms with Crippen molar-refractivity contribution in [3.63, 3.8) is 0 Å². The van der Waals surface area contributed by atoms with Crippen LogP contribution in [0, 0.1) is 0 Å². The number of benzene rings is 1. The maximum absolute atomic E-state index is 12.9. The highest BCUT2D eigenvalue weighted by Gasteiger charge is 2.24. The summed E-state index contributed by atoms with van der Waals surface area (Å²) in [7, 11) is 0. The third-order valence-electron chi connectivity index (χ3n) is 5.32. The number of hydrogen-bond donors (Lipinski definition) is 0. The average Bonchev–Trinajstić information content (AvgIpc) is 2.75. The van der Waals surface area contributed by atoms with E-state index in [9.17, 15) is 4.79 Å². The minimum atomic E-state index is 0.0524. The van der Waals surface area contributed by atoms with Crippen LogP contribution in [0.3, 0.4) is 0 Å². The quantitative estimate of drug-likeness (QED) is 0.853. The van der Waals surface area contributed by atoms with Crippen molar-refractivity contribution < 1.29 is 4.79 Å². The summed E-state index contributed by atoms with van der Waals surface area (Å²) in [5.41, 5.74) is 1.80. The minimum absolute atomic E-state index is 0.0524. The molecule has 0 unspecified atom stereocenters. The van der Waals surface area contributed by atoms with Gasteiger partial charge in [-0.25, -0.2) is 4.98 Å². The van der Waals surface area contributed by atoms with Crippen LogP contribution in [0.15, 0.2) is 48.5 Å². The molecule has 26 heavy (non-hydrogen) atoms. The molecular weight excluding hydrogens is 324 g/mol. The van der Waals surface area contributed by atoms with E-state index in [2.05, 4.69) is 39.0 Å². The minimum Gasteiger partial charge on any atom is -0.368 e. The first-order valence-electron chi connectivity index (χ1n) is 9.62. The Morgan fingerprint density at radius 3 is 2.19 bits per heavy atom. The van der Waals surface area contributed by atoms with E-state index >= 15 is 0 Å². The van der Waals surface area contributed by atoms with Gasteiger partial charge in [-0.05, 0) is 43.5 Å². The molecule has 0 aliphatic carbocycles. The summed E-state index contributed by atoms with van der Waals surface area (Å²) >= 11 is 0. The average molecular weight is 350 g/mol. The maximum Gasteiger partial charge on any atom is 0.272 e. The van der Waals surface area contributed by atoms with E-state index in [1.165, 1.54) is 24.9 Å². The van der Waals surface area contributed by atoms with Gasteiger partial charge in [-0.1, -0.05) is 24.3 Å². The van der Waals surface area contributed by atoms with Gasteiger partial charge in [-0.15, -0.1) is 0 Å². The van der Waals surface area contributed by atoms with Gasteiger partial charge in [0.05, 0.1) is 0 Å². The second-order valence-corrected chi connectivity index (χ2v) is 7.04.